The summed E-state index contributed by atoms with van der Waals surface area (Å²) in [5, 5.41) is 0. The number of pyridine rings is 1. The highest BCUT2D eigenvalue weighted by molar-refractivity contribution is 5.94. The molecule has 0 N–H and O–H groups in total. The van der Waals surface area contributed by atoms with Crippen LogP contribution in [0.2, 0.25) is 0 Å². The Morgan fingerprint density at radius 3 is 2.68 bits per heavy atom. The minimum absolute atomic E-state index is 0.132. The predicted octanol–water partition coefficient (Wildman–Crippen LogP) is 4.14. The molecular weight excluding hydrogens is 362 g/mol. The van der Waals surface area contributed by atoms with Crippen LogP contribution in [0.5, 0.6) is 5.75 Å². The van der Waals surface area contributed by atoms with Crippen molar-refractivity contribution in [1.82, 2.24) is 9.88 Å². The van der Waals surface area contributed by atoms with E-state index in [0.717, 1.165) is 16.8 Å². The highest BCUT2D eigenvalue weighted by Crippen LogP contribution is 2.21. The molecule has 0 unspecified atom stereocenters. The largest absolute Gasteiger partial charge is 0.489 e. The number of amides is 1. The lowest BCUT2D eigenvalue weighted by Gasteiger charge is -2.28. The first-order valence-electron chi connectivity index (χ1n) is 8.98. The maximum atomic E-state index is 13.2. The highest BCUT2D eigenvalue weighted by Gasteiger charge is 2.23. The number of carbonyl (C=O) groups excluding carboxylic acids is 1. The van der Waals surface area contributed by atoms with Gasteiger partial charge in [0.2, 0.25) is 0 Å². The van der Waals surface area contributed by atoms with Gasteiger partial charge in [0.05, 0.1) is 0 Å². The molecule has 3 aromatic rings. The quantitative estimate of drug-likeness (QED) is 0.683. The third kappa shape index (κ3) is 4.01. The van der Waals surface area contributed by atoms with Gasteiger partial charge in [0.1, 0.15) is 24.0 Å². The summed E-state index contributed by atoms with van der Waals surface area (Å²) < 4.78 is 32.0. The number of rotatable bonds is 4. The summed E-state index contributed by atoms with van der Waals surface area (Å²) in [6, 6.07) is 13.5. The summed E-state index contributed by atoms with van der Waals surface area (Å²) >= 11 is 0. The van der Waals surface area contributed by atoms with E-state index < -0.39 is 0 Å². The van der Waals surface area contributed by atoms with Gasteiger partial charge in [-0.3, -0.25) is 9.78 Å². The Morgan fingerprint density at radius 2 is 1.89 bits per heavy atom. The van der Waals surface area contributed by atoms with Crippen LogP contribution < -0.4 is 4.74 Å². The van der Waals surface area contributed by atoms with E-state index in [-0.39, 0.29) is 24.1 Å². The van der Waals surface area contributed by atoms with E-state index >= 15 is 0 Å². The van der Waals surface area contributed by atoms with Crippen LogP contribution in [-0.2, 0) is 19.6 Å². The smallest absolute Gasteiger partial charge is 0.254 e. The topological polar surface area (TPSA) is 42.4 Å². The molecule has 6 heteroatoms. The lowest BCUT2D eigenvalue weighted by Crippen LogP contribution is -2.36. The van der Waals surface area contributed by atoms with E-state index in [4.69, 9.17) is 4.74 Å². The minimum atomic E-state index is -0.368. The summed E-state index contributed by atoms with van der Waals surface area (Å²) in [6.07, 6.45) is 2.41. The fourth-order valence-electron chi connectivity index (χ4n) is 3.23. The Bertz CT molecular complexity index is 1010. The molecule has 142 valence electrons. The number of ether oxygens (including phenoxy) is 1. The summed E-state index contributed by atoms with van der Waals surface area (Å²) in [4.78, 5) is 18.9. The number of hydrogen-bond acceptors (Lipinski definition) is 3. The molecule has 0 bridgehead atoms. The molecule has 4 rings (SSSR count). The van der Waals surface area contributed by atoms with Crippen LogP contribution in [-0.4, -0.2) is 22.3 Å². The molecule has 2 aromatic carbocycles. The van der Waals surface area contributed by atoms with Crippen LogP contribution in [0.15, 0.2) is 60.8 Å². The van der Waals surface area contributed by atoms with Crippen molar-refractivity contribution >= 4 is 5.91 Å². The number of hydrogen-bond donors (Lipinski definition) is 0. The summed E-state index contributed by atoms with van der Waals surface area (Å²) in [6.45, 7) is 1.26. The molecule has 0 atom stereocenters. The van der Waals surface area contributed by atoms with E-state index in [1.165, 1.54) is 36.4 Å². The molecule has 0 spiro atoms. The number of carbonyl (C=O) groups is 1. The molecular formula is C22H18F2N2O2. The number of fused-ring (bicyclic) bond motifs is 1. The molecule has 0 fully saturated rings. The van der Waals surface area contributed by atoms with Crippen LogP contribution in [0.3, 0.4) is 0 Å². The van der Waals surface area contributed by atoms with Gasteiger partial charge in [0, 0.05) is 48.6 Å². The van der Waals surface area contributed by atoms with Crippen molar-refractivity contribution in [3.63, 3.8) is 0 Å². The van der Waals surface area contributed by atoms with Gasteiger partial charge in [-0.2, -0.15) is 0 Å². The number of nitrogens with zero attached hydrogens (tertiary/aromatic N) is 2. The van der Waals surface area contributed by atoms with Crippen molar-refractivity contribution in [3.8, 4) is 5.75 Å². The standard InChI is InChI=1S/C22H18F2N2O2/c23-18-6-4-16(5-7-18)22(27)26-9-8-21-17(13-26)10-15(12-25-21)14-28-20-3-1-2-19(24)11-20/h1-7,10-12H,8-9,13-14H2. The lowest BCUT2D eigenvalue weighted by atomic mass is 10.0. The molecule has 0 radical (unpaired) electrons. The average molecular weight is 380 g/mol. The van der Waals surface area contributed by atoms with Crippen molar-refractivity contribution in [3.05, 3.63) is 94.8 Å². The monoisotopic (exact) mass is 380 g/mol. The molecule has 1 aromatic heterocycles. The zero-order valence-corrected chi connectivity index (χ0v) is 15.1. The van der Waals surface area contributed by atoms with Crippen LogP contribution in [0.1, 0.15) is 27.2 Å². The SMILES string of the molecule is O=C(c1ccc(F)cc1)N1CCc2ncc(COc3cccc(F)c3)cc2C1. The number of aromatic nitrogens is 1. The Balaban J connectivity index is 1.46. The van der Waals surface area contributed by atoms with Crippen molar-refractivity contribution in [1.29, 1.82) is 0 Å². The van der Waals surface area contributed by atoms with Gasteiger partial charge in [-0.05, 0) is 48.0 Å². The molecule has 1 aliphatic heterocycles. The average Bonchev–Trinajstić information content (AvgIpc) is 2.72. The van der Waals surface area contributed by atoms with Crippen LogP contribution >= 0.6 is 0 Å². The van der Waals surface area contributed by atoms with Gasteiger partial charge in [0.15, 0.2) is 0 Å². The Kier molecular flexibility index (Phi) is 5.02. The van der Waals surface area contributed by atoms with E-state index in [0.29, 0.717) is 30.8 Å². The van der Waals surface area contributed by atoms with Gasteiger partial charge in [-0.15, -0.1) is 0 Å². The molecule has 28 heavy (non-hydrogen) atoms. The zero-order valence-electron chi connectivity index (χ0n) is 15.1. The second-order valence-corrected chi connectivity index (χ2v) is 6.68. The maximum Gasteiger partial charge on any atom is 0.254 e. The molecule has 0 saturated carbocycles. The van der Waals surface area contributed by atoms with Crippen LogP contribution in [0, 0.1) is 11.6 Å². The summed E-state index contributed by atoms with van der Waals surface area (Å²) in [5.74, 6) is -0.401. The summed E-state index contributed by atoms with van der Waals surface area (Å²) in [5.41, 5.74) is 3.22. The summed E-state index contributed by atoms with van der Waals surface area (Å²) in [7, 11) is 0. The second kappa shape index (κ2) is 7.76. The van der Waals surface area contributed by atoms with Crippen LogP contribution in [0.4, 0.5) is 8.78 Å². The van der Waals surface area contributed by atoms with Crippen molar-refractivity contribution in [2.75, 3.05) is 6.54 Å². The molecule has 1 aliphatic rings. The third-order valence-corrected chi connectivity index (χ3v) is 4.68. The van der Waals surface area contributed by atoms with Gasteiger partial charge in [-0.25, -0.2) is 8.78 Å². The molecule has 0 saturated heterocycles. The highest BCUT2D eigenvalue weighted by atomic mass is 19.1. The van der Waals surface area contributed by atoms with E-state index in [9.17, 15) is 13.6 Å². The fourth-order valence-corrected chi connectivity index (χ4v) is 3.23. The Hall–Kier alpha value is -3.28. The Morgan fingerprint density at radius 1 is 1.07 bits per heavy atom. The van der Waals surface area contributed by atoms with E-state index in [2.05, 4.69) is 4.98 Å². The molecule has 0 aliphatic carbocycles. The van der Waals surface area contributed by atoms with Crippen LogP contribution in [0.25, 0.3) is 0 Å². The lowest BCUT2D eigenvalue weighted by molar-refractivity contribution is 0.0733. The van der Waals surface area contributed by atoms with Gasteiger partial charge >= 0.3 is 0 Å². The predicted molar refractivity (Wildman–Crippen MR) is 99.8 cm³/mol. The van der Waals surface area contributed by atoms with Gasteiger partial charge in [0.25, 0.3) is 5.91 Å². The first kappa shape index (κ1) is 18.1. The Labute approximate surface area is 161 Å². The molecule has 1 amide bonds. The number of benzene rings is 2. The van der Waals surface area contributed by atoms with Crippen molar-refractivity contribution in [2.45, 2.75) is 19.6 Å². The second-order valence-electron chi connectivity index (χ2n) is 6.68. The number of halogens is 2. The fraction of sp³-hybridized carbons (Fsp3) is 0.182. The van der Waals surface area contributed by atoms with Gasteiger partial charge < -0.3 is 9.64 Å². The van der Waals surface area contributed by atoms with E-state index in [1.807, 2.05) is 6.07 Å². The van der Waals surface area contributed by atoms with Gasteiger partial charge in [-0.1, -0.05) is 6.07 Å². The van der Waals surface area contributed by atoms with E-state index in [1.54, 1.807) is 23.2 Å². The minimum Gasteiger partial charge on any atom is -0.489 e. The maximum absolute atomic E-state index is 13.2. The first-order chi connectivity index (χ1) is 13.6. The normalized spacial score (nSPS) is 13.1. The van der Waals surface area contributed by atoms with Crippen molar-refractivity contribution in [2.24, 2.45) is 0 Å². The zero-order chi connectivity index (χ0) is 19.5. The third-order valence-electron chi connectivity index (χ3n) is 4.68. The van der Waals surface area contributed by atoms with Crippen molar-refractivity contribution < 1.29 is 18.3 Å². The molecule has 2 heterocycles. The first-order valence-corrected chi connectivity index (χ1v) is 8.98. The molecule has 4 nitrogen and oxygen atoms in total.